The number of aromatic nitrogens is 3. The van der Waals surface area contributed by atoms with Gasteiger partial charge < -0.3 is 5.32 Å². The molecular weight excluding hydrogens is 316 g/mol. The Balaban J connectivity index is 2.63. The second-order valence-electron chi connectivity index (χ2n) is 5.78. The van der Waals surface area contributed by atoms with Crippen LogP contribution in [0.25, 0.3) is 11.5 Å². The average Bonchev–Trinajstić information content (AvgIpc) is 2.38. The van der Waals surface area contributed by atoms with Crippen molar-refractivity contribution in [3.63, 3.8) is 0 Å². The Hall–Kier alpha value is -1.49. The third-order valence-corrected chi connectivity index (χ3v) is 3.69. The lowest BCUT2D eigenvalue weighted by Gasteiger charge is -2.21. The van der Waals surface area contributed by atoms with Crippen LogP contribution in [-0.2, 0) is 5.41 Å². The van der Waals surface area contributed by atoms with Gasteiger partial charge in [0, 0.05) is 18.7 Å². The van der Waals surface area contributed by atoms with Crippen molar-refractivity contribution < 1.29 is 0 Å². The third kappa shape index (κ3) is 2.98. The number of halogens is 1. The Morgan fingerprint density at radius 2 is 1.85 bits per heavy atom. The summed E-state index contributed by atoms with van der Waals surface area (Å²) in [6.45, 7) is 8.41. The standard InChI is InChI=1S/C15H19BrN4/c1-9-6-7-10(18-8-9)13-19-12(15(2,3)4)11(16)14(17-5)20-13/h6-8H,1-5H3,(H,17,19,20). The molecule has 0 atom stereocenters. The maximum Gasteiger partial charge on any atom is 0.180 e. The predicted octanol–water partition coefficient (Wildman–Crippen LogP) is 3.95. The van der Waals surface area contributed by atoms with Crippen molar-refractivity contribution in [1.29, 1.82) is 0 Å². The molecule has 0 aromatic carbocycles. The van der Waals surface area contributed by atoms with Crippen molar-refractivity contribution in [2.24, 2.45) is 0 Å². The van der Waals surface area contributed by atoms with Gasteiger partial charge in [-0.15, -0.1) is 0 Å². The summed E-state index contributed by atoms with van der Waals surface area (Å²) in [5.41, 5.74) is 2.79. The number of hydrogen-bond donors (Lipinski definition) is 1. The Morgan fingerprint density at radius 1 is 1.15 bits per heavy atom. The first kappa shape index (κ1) is 14.9. The fourth-order valence-corrected chi connectivity index (χ4v) is 2.79. The number of aryl methyl sites for hydroxylation is 1. The fraction of sp³-hybridized carbons (Fsp3) is 0.400. The Bertz CT molecular complexity index is 615. The van der Waals surface area contributed by atoms with Crippen LogP contribution in [0.3, 0.4) is 0 Å². The van der Waals surface area contributed by atoms with Gasteiger partial charge in [0.05, 0.1) is 10.2 Å². The van der Waals surface area contributed by atoms with Gasteiger partial charge in [-0.1, -0.05) is 26.8 Å². The summed E-state index contributed by atoms with van der Waals surface area (Å²) in [4.78, 5) is 13.6. The minimum Gasteiger partial charge on any atom is -0.372 e. The second-order valence-corrected chi connectivity index (χ2v) is 6.57. The molecule has 0 saturated heterocycles. The van der Waals surface area contributed by atoms with Crippen LogP contribution in [0.5, 0.6) is 0 Å². The zero-order chi connectivity index (χ0) is 14.9. The van der Waals surface area contributed by atoms with Gasteiger partial charge in [0.15, 0.2) is 5.82 Å². The lowest BCUT2D eigenvalue weighted by atomic mass is 9.92. The molecule has 2 heterocycles. The third-order valence-electron chi connectivity index (χ3n) is 2.94. The van der Waals surface area contributed by atoms with Crippen LogP contribution in [0, 0.1) is 6.92 Å². The Kier molecular flexibility index (Phi) is 4.09. The van der Waals surface area contributed by atoms with Crippen LogP contribution in [-0.4, -0.2) is 22.0 Å². The van der Waals surface area contributed by atoms with Crippen molar-refractivity contribution in [2.45, 2.75) is 33.1 Å². The first-order valence-electron chi connectivity index (χ1n) is 6.51. The first-order chi connectivity index (χ1) is 9.32. The van der Waals surface area contributed by atoms with E-state index in [1.54, 1.807) is 0 Å². The van der Waals surface area contributed by atoms with E-state index in [2.05, 4.69) is 52.0 Å². The number of hydrogen-bond acceptors (Lipinski definition) is 4. The Labute approximate surface area is 128 Å². The second kappa shape index (κ2) is 5.48. The first-order valence-corrected chi connectivity index (χ1v) is 7.31. The van der Waals surface area contributed by atoms with Crippen molar-refractivity contribution in [3.8, 4) is 11.5 Å². The molecule has 0 aliphatic heterocycles. The maximum atomic E-state index is 4.69. The molecule has 0 aliphatic rings. The molecule has 0 amide bonds. The lowest BCUT2D eigenvalue weighted by Crippen LogP contribution is -2.17. The summed E-state index contributed by atoms with van der Waals surface area (Å²) >= 11 is 3.59. The van der Waals surface area contributed by atoms with Crippen molar-refractivity contribution >= 4 is 21.7 Å². The fourth-order valence-electron chi connectivity index (χ4n) is 1.82. The molecule has 5 heteroatoms. The summed E-state index contributed by atoms with van der Waals surface area (Å²) in [7, 11) is 1.85. The van der Waals surface area contributed by atoms with E-state index in [1.807, 2.05) is 32.3 Å². The monoisotopic (exact) mass is 334 g/mol. The van der Waals surface area contributed by atoms with Gasteiger partial charge in [-0.3, -0.25) is 4.98 Å². The van der Waals surface area contributed by atoms with Gasteiger partial charge in [-0.25, -0.2) is 9.97 Å². The minimum atomic E-state index is -0.0766. The van der Waals surface area contributed by atoms with Crippen LogP contribution in [0.1, 0.15) is 32.0 Å². The number of nitrogens with zero attached hydrogens (tertiary/aromatic N) is 3. The molecular formula is C15H19BrN4. The van der Waals surface area contributed by atoms with E-state index in [4.69, 9.17) is 4.98 Å². The molecule has 0 saturated carbocycles. The average molecular weight is 335 g/mol. The maximum absolute atomic E-state index is 4.69. The van der Waals surface area contributed by atoms with Crippen LogP contribution in [0.4, 0.5) is 5.82 Å². The topological polar surface area (TPSA) is 50.7 Å². The highest BCUT2D eigenvalue weighted by atomic mass is 79.9. The predicted molar refractivity (Wildman–Crippen MR) is 85.9 cm³/mol. The highest BCUT2D eigenvalue weighted by Crippen LogP contribution is 2.33. The van der Waals surface area contributed by atoms with Crippen LogP contribution >= 0.6 is 15.9 Å². The number of nitrogens with one attached hydrogen (secondary N) is 1. The lowest BCUT2D eigenvalue weighted by molar-refractivity contribution is 0.564. The van der Waals surface area contributed by atoms with E-state index in [9.17, 15) is 0 Å². The van der Waals surface area contributed by atoms with E-state index < -0.39 is 0 Å². The van der Waals surface area contributed by atoms with Gasteiger partial charge in [0.1, 0.15) is 11.5 Å². The molecule has 2 rings (SSSR count). The molecule has 4 nitrogen and oxygen atoms in total. The molecule has 2 aromatic rings. The highest BCUT2D eigenvalue weighted by Gasteiger charge is 2.23. The van der Waals surface area contributed by atoms with Crippen LogP contribution in [0.15, 0.2) is 22.8 Å². The van der Waals surface area contributed by atoms with E-state index in [0.717, 1.165) is 27.2 Å². The van der Waals surface area contributed by atoms with Gasteiger partial charge in [-0.2, -0.15) is 0 Å². The smallest absolute Gasteiger partial charge is 0.180 e. The quantitative estimate of drug-likeness (QED) is 0.903. The molecule has 0 unspecified atom stereocenters. The van der Waals surface area contributed by atoms with Gasteiger partial charge >= 0.3 is 0 Å². The molecule has 1 N–H and O–H groups in total. The van der Waals surface area contributed by atoms with Gasteiger partial charge in [0.25, 0.3) is 0 Å². The molecule has 0 fully saturated rings. The molecule has 0 radical (unpaired) electrons. The summed E-state index contributed by atoms with van der Waals surface area (Å²) in [5.74, 6) is 1.42. The summed E-state index contributed by atoms with van der Waals surface area (Å²) in [6, 6.07) is 3.97. The van der Waals surface area contributed by atoms with E-state index >= 15 is 0 Å². The number of anilines is 1. The Morgan fingerprint density at radius 3 is 2.35 bits per heavy atom. The van der Waals surface area contributed by atoms with E-state index in [1.165, 1.54) is 0 Å². The number of pyridine rings is 1. The highest BCUT2D eigenvalue weighted by molar-refractivity contribution is 9.10. The molecule has 20 heavy (non-hydrogen) atoms. The molecule has 0 bridgehead atoms. The van der Waals surface area contributed by atoms with Crippen molar-refractivity contribution in [1.82, 2.24) is 15.0 Å². The zero-order valence-electron chi connectivity index (χ0n) is 12.5. The zero-order valence-corrected chi connectivity index (χ0v) is 14.0. The molecule has 106 valence electrons. The van der Waals surface area contributed by atoms with Crippen molar-refractivity contribution in [2.75, 3.05) is 12.4 Å². The molecule has 2 aromatic heterocycles. The minimum absolute atomic E-state index is 0.0766. The van der Waals surface area contributed by atoms with Gasteiger partial charge in [-0.05, 0) is 34.5 Å². The van der Waals surface area contributed by atoms with E-state index in [0.29, 0.717) is 5.82 Å². The normalized spacial score (nSPS) is 11.5. The summed E-state index contributed by atoms with van der Waals surface area (Å²) in [6.07, 6.45) is 1.83. The molecule has 0 aliphatic carbocycles. The number of rotatable bonds is 2. The summed E-state index contributed by atoms with van der Waals surface area (Å²) < 4.78 is 0.906. The van der Waals surface area contributed by atoms with E-state index in [-0.39, 0.29) is 5.41 Å². The SMILES string of the molecule is CNc1nc(-c2ccc(C)cn2)nc(C(C)(C)C)c1Br. The molecule has 0 spiro atoms. The van der Waals surface area contributed by atoms with Crippen LogP contribution in [0.2, 0.25) is 0 Å². The largest absolute Gasteiger partial charge is 0.372 e. The van der Waals surface area contributed by atoms with Gasteiger partial charge in [0.2, 0.25) is 0 Å². The van der Waals surface area contributed by atoms with Crippen molar-refractivity contribution in [3.05, 3.63) is 34.1 Å². The summed E-state index contributed by atoms with van der Waals surface area (Å²) in [5, 5.41) is 3.10. The van der Waals surface area contributed by atoms with Crippen LogP contribution < -0.4 is 5.32 Å².